The molecule has 0 fully saturated rings. The van der Waals surface area contributed by atoms with E-state index >= 15 is 0 Å². The number of hydrogen-bond donors (Lipinski definition) is 2. The molecule has 0 saturated heterocycles. The molecule has 6 rings (SSSR count). The van der Waals surface area contributed by atoms with Crippen LogP contribution in [0.25, 0.3) is 16.9 Å². The van der Waals surface area contributed by atoms with Crippen molar-refractivity contribution < 1.29 is 40.3 Å². The Morgan fingerprint density at radius 2 is 1.79 bits per heavy atom. The van der Waals surface area contributed by atoms with E-state index in [2.05, 4.69) is 25.7 Å². The Hall–Kier alpha value is -5.34. The van der Waals surface area contributed by atoms with Gasteiger partial charge >= 0.3 is 6.18 Å². The number of anilines is 1. The summed E-state index contributed by atoms with van der Waals surface area (Å²) in [6.45, 7) is 0. The average molecular weight is 600 g/mol. The van der Waals surface area contributed by atoms with Crippen molar-refractivity contribution >= 4 is 23.1 Å². The maximum absolute atomic E-state index is 14.3. The summed E-state index contributed by atoms with van der Waals surface area (Å²) in [5.74, 6) is -4.18. The number of benzene rings is 3. The third-order valence-electron chi connectivity index (χ3n) is 6.78. The van der Waals surface area contributed by atoms with Crippen LogP contribution in [-0.2, 0) is 6.18 Å². The van der Waals surface area contributed by atoms with Gasteiger partial charge in [0.2, 0.25) is 0 Å². The van der Waals surface area contributed by atoms with E-state index in [4.69, 9.17) is 0 Å². The third-order valence-corrected chi connectivity index (χ3v) is 6.78. The SMILES string of the molecule is O=C(Nc1cc(-c2cn3ncnc3cn2)cc2c1[C@@H](c1cc(F)ccc1C(F)F)NC2=O)c1cc(F)cc(C(F)(F)F)c1. The van der Waals surface area contributed by atoms with Crippen LogP contribution in [0.5, 0.6) is 0 Å². The summed E-state index contributed by atoms with van der Waals surface area (Å²) in [5, 5.41) is 8.90. The van der Waals surface area contributed by atoms with Gasteiger partial charge in [0.25, 0.3) is 18.2 Å². The van der Waals surface area contributed by atoms with Crippen molar-refractivity contribution in [1.82, 2.24) is 24.9 Å². The molecule has 0 unspecified atom stereocenters. The molecule has 3 aromatic carbocycles. The molecule has 0 aliphatic carbocycles. The second-order valence-electron chi connectivity index (χ2n) is 9.48. The lowest BCUT2D eigenvalue weighted by atomic mass is 9.91. The molecule has 5 aromatic rings. The minimum Gasteiger partial charge on any atom is -0.341 e. The molecule has 1 aliphatic heterocycles. The van der Waals surface area contributed by atoms with Gasteiger partial charge in [-0.3, -0.25) is 14.6 Å². The summed E-state index contributed by atoms with van der Waals surface area (Å²) < 4.78 is 97.5. The van der Waals surface area contributed by atoms with E-state index < -0.39 is 58.8 Å². The summed E-state index contributed by atoms with van der Waals surface area (Å²) in [4.78, 5) is 34.6. The van der Waals surface area contributed by atoms with Crippen molar-refractivity contribution in [2.75, 3.05) is 5.32 Å². The molecular formula is C28H15F7N6O2. The Bertz CT molecular complexity index is 1940. The smallest absolute Gasteiger partial charge is 0.341 e. The fourth-order valence-corrected chi connectivity index (χ4v) is 4.87. The number of carbonyl (C=O) groups excluding carboxylic acids is 2. The normalized spacial score (nSPS) is 14.7. The number of nitrogens with one attached hydrogen (secondary N) is 2. The number of nitrogens with zero attached hydrogens (tertiary/aromatic N) is 4. The summed E-state index contributed by atoms with van der Waals surface area (Å²) in [7, 11) is 0. The first-order valence-electron chi connectivity index (χ1n) is 12.3. The van der Waals surface area contributed by atoms with Crippen molar-refractivity contribution in [1.29, 1.82) is 0 Å². The van der Waals surface area contributed by atoms with Gasteiger partial charge in [-0.2, -0.15) is 18.3 Å². The van der Waals surface area contributed by atoms with E-state index in [9.17, 15) is 40.3 Å². The average Bonchev–Trinajstić information content (AvgIpc) is 3.56. The first-order chi connectivity index (χ1) is 20.4. The van der Waals surface area contributed by atoms with Crippen molar-refractivity contribution in [2.45, 2.75) is 18.6 Å². The van der Waals surface area contributed by atoms with Crippen molar-refractivity contribution in [2.24, 2.45) is 0 Å². The van der Waals surface area contributed by atoms with Crippen LogP contribution in [0.15, 0.2) is 67.3 Å². The number of aromatic nitrogens is 4. The van der Waals surface area contributed by atoms with E-state index in [1.54, 1.807) is 0 Å². The minimum atomic E-state index is -4.96. The van der Waals surface area contributed by atoms with Crippen LogP contribution >= 0.6 is 0 Å². The predicted octanol–water partition coefficient (Wildman–Crippen LogP) is 6.11. The summed E-state index contributed by atoms with van der Waals surface area (Å²) in [6.07, 6.45) is -3.96. The van der Waals surface area contributed by atoms with Gasteiger partial charge in [-0.05, 0) is 48.0 Å². The van der Waals surface area contributed by atoms with Crippen LogP contribution in [0.3, 0.4) is 0 Å². The first kappa shape index (κ1) is 27.8. The molecule has 1 aliphatic rings. The number of halogens is 7. The van der Waals surface area contributed by atoms with Crippen LogP contribution in [0.1, 0.15) is 55.4 Å². The Balaban J connectivity index is 1.52. The Labute approximate surface area is 236 Å². The van der Waals surface area contributed by atoms with Gasteiger partial charge in [0.15, 0.2) is 5.65 Å². The van der Waals surface area contributed by atoms with E-state index in [0.717, 1.165) is 18.2 Å². The Morgan fingerprint density at radius 3 is 2.53 bits per heavy atom. The lowest BCUT2D eigenvalue weighted by Gasteiger charge is -2.20. The van der Waals surface area contributed by atoms with Crippen LogP contribution in [0.2, 0.25) is 0 Å². The monoisotopic (exact) mass is 600 g/mol. The van der Waals surface area contributed by atoms with Crippen LogP contribution in [0, 0.1) is 11.6 Å². The number of alkyl halides is 5. The number of fused-ring (bicyclic) bond motifs is 2. The summed E-state index contributed by atoms with van der Waals surface area (Å²) >= 11 is 0. The van der Waals surface area contributed by atoms with Crippen LogP contribution < -0.4 is 10.6 Å². The van der Waals surface area contributed by atoms with E-state index in [1.165, 1.54) is 35.4 Å². The third kappa shape index (κ3) is 5.13. The second-order valence-corrected chi connectivity index (χ2v) is 9.48. The van der Waals surface area contributed by atoms with Gasteiger partial charge in [-0.15, -0.1) is 0 Å². The topological polar surface area (TPSA) is 101 Å². The van der Waals surface area contributed by atoms with E-state index in [1.807, 2.05) is 0 Å². The van der Waals surface area contributed by atoms with Crippen molar-refractivity contribution in [3.63, 3.8) is 0 Å². The molecule has 2 amide bonds. The highest BCUT2D eigenvalue weighted by molar-refractivity contribution is 6.08. The molecule has 2 N–H and O–H groups in total. The second kappa shape index (κ2) is 10.2. The number of carbonyl (C=O) groups is 2. The highest BCUT2D eigenvalue weighted by atomic mass is 19.4. The van der Waals surface area contributed by atoms with Gasteiger partial charge in [0.1, 0.15) is 18.0 Å². The Morgan fingerprint density at radius 1 is 1.00 bits per heavy atom. The molecule has 15 heteroatoms. The zero-order valence-electron chi connectivity index (χ0n) is 21.3. The van der Waals surface area contributed by atoms with Gasteiger partial charge < -0.3 is 10.6 Å². The molecule has 0 saturated carbocycles. The number of amides is 2. The van der Waals surface area contributed by atoms with Crippen LogP contribution in [-0.4, -0.2) is 31.4 Å². The molecule has 8 nitrogen and oxygen atoms in total. The molecular weight excluding hydrogens is 585 g/mol. The molecule has 0 spiro atoms. The summed E-state index contributed by atoms with van der Waals surface area (Å²) in [6, 6.07) is 4.99. The zero-order valence-corrected chi connectivity index (χ0v) is 21.3. The standard InChI is InChI=1S/C28H15F7N6O2/c29-15-1-2-17(25(31)32)18(8-15)24-23-19(27(43)40-24)5-12(21-10-41-22(9-36-21)37-11-38-41)6-20(23)39-26(42)13-3-14(28(33,34)35)7-16(30)4-13/h1-11,24-25H,(H,39,42)(H,40,43)/t24-/m1/s1. The molecule has 218 valence electrons. The maximum Gasteiger partial charge on any atom is 0.416 e. The Kier molecular flexibility index (Phi) is 6.59. The van der Waals surface area contributed by atoms with Gasteiger partial charge in [-0.1, -0.05) is 6.07 Å². The fourth-order valence-electron chi connectivity index (χ4n) is 4.87. The lowest BCUT2D eigenvalue weighted by molar-refractivity contribution is -0.137. The fraction of sp³-hybridized carbons (Fsp3) is 0.107. The van der Waals surface area contributed by atoms with Crippen molar-refractivity contribution in [3.05, 3.63) is 112 Å². The molecule has 43 heavy (non-hydrogen) atoms. The van der Waals surface area contributed by atoms with Gasteiger partial charge in [-0.25, -0.2) is 27.1 Å². The molecule has 1 atom stereocenters. The van der Waals surface area contributed by atoms with Crippen LogP contribution in [0.4, 0.5) is 36.4 Å². The highest BCUT2D eigenvalue weighted by Crippen LogP contribution is 2.42. The first-order valence-corrected chi connectivity index (χ1v) is 12.3. The zero-order chi connectivity index (χ0) is 30.6. The van der Waals surface area contributed by atoms with E-state index in [0.29, 0.717) is 17.8 Å². The van der Waals surface area contributed by atoms with Crippen molar-refractivity contribution in [3.8, 4) is 11.3 Å². The molecule has 3 heterocycles. The lowest BCUT2D eigenvalue weighted by Crippen LogP contribution is -2.22. The molecule has 2 aromatic heterocycles. The quantitative estimate of drug-likeness (QED) is 0.237. The van der Waals surface area contributed by atoms with E-state index in [-0.39, 0.29) is 39.7 Å². The van der Waals surface area contributed by atoms with Gasteiger partial charge in [0, 0.05) is 33.5 Å². The maximum atomic E-state index is 14.3. The number of hydrogen-bond acceptors (Lipinski definition) is 5. The van der Waals surface area contributed by atoms with Gasteiger partial charge in [0.05, 0.1) is 29.7 Å². The molecule has 0 radical (unpaired) electrons. The number of rotatable bonds is 5. The largest absolute Gasteiger partial charge is 0.416 e. The predicted molar refractivity (Wildman–Crippen MR) is 136 cm³/mol. The highest BCUT2D eigenvalue weighted by Gasteiger charge is 2.37. The minimum absolute atomic E-state index is 0.0659. The summed E-state index contributed by atoms with van der Waals surface area (Å²) in [5.41, 5.74) is -2.60. The molecule has 0 bridgehead atoms.